The van der Waals surface area contributed by atoms with Gasteiger partial charge in [0.15, 0.2) is 5.78 Å². The van der Waals surface area contributed by atoms with Gasteiger partial charge in [0.2, 0.25) is 0 Å². The molecular formula is C13H25NO3S. The Morgan fingerprint density at radius 3 is 2.17 bits per heavy atom. The first-order valence-electron chi connectivity index (χ1n) is 6.66. The van der Waals surface area contributed by atoms with Gasteiger partial charge in [0, 0.05) is 12.7 Å². The van der Waals surface area contributed by atoms with Gasteiger partial charge in [-0.15, -0.1) is 0 Å². The molecule has 0 spiro atoms. The summed E-state index contributed by atoms with van der Waals surface area (Å²) in [4.78, 5) is 14.4. The molecule has 0 heterocycles. The van der Waals surface area contributed by atoms with Crippen molar-refractivity contribution in [3.63, 3.8) is 0 Å². The summed E-state index contributed by atoms with van der Waals surface area (Å²) in [7, 11) is 0.960. The zero-order valence-electron chi connectivity index (χ0n) is 11.7. The molecule has 1 aliphatic rings. The number of Topliss-reactive ketones (excluding diaryl/α,β-unsaturated/α-hetero) is 1. The summed E-state index contributed by atoms with van der Waals surface area (Å²) in [6, 6.07) is 0. The fourth-order valence-electron chi connectivity index (χ4n) is 2.84. The normalized spacial score (nSPS) is 20.0. The quantitative estimate of drug-likeness (QED) is 0.739. The summed E-state index contributed by atoms with van der Waals surface area (Å²) in [5.74, 6) is 0.332. The maximum Gasteiger partial charge on any atom is 0.153 e. The van der Waals surface area contributed by atoms with E-state index >= 15 is 0 Å². The molecule has 5 heteroatoms. The van der Waals surface area contributed by atoms with Crippen molar-refractivity contribution >= 4 is 15.6 Å². The van der Waals surface area contributed by atoms with Crippen molar-refractivity contribution in [2.24, 2.45) is 0 Å². The molecule has 0 atom stereocenters. The second kappa shape index (κ2) is 6.15. The van der Waals surface area contributed by atoms with E-state index in [1.54, 1.807) is 0 Å². The Morgan fingerprint density at radius 2 is 1.72 bits per heavy atom. The van der Waals surface area contributed by atoms with Crippen LogP contribution in [0.25, 0.3) is 0 Å². The number of hydrogen-bond acceptors (Lipinski definition) is 4. The molecule has 18 heavy (non-hydrogen) atoms. The number of likely N-dealkylation sites (N-methyl/N-ethyl adjacent to an activating group) is 1. The van der Waals surface area contributed by atoms with Crippen LogP contribution in [-0.4, -0.2) is 50.7 Å². The molecule has 0 unspecified atom stereocenters. The number of hydrogen-bond donors (Lipinski definition) is 0. The highest BCUT2D eigenvalue weighted by atomic mass is 32.2. The predicted octanol–water partition coefficient (Wildman–Crippen LogP) is 1.64. The molecule has 0 bridgehead atoms. The van der Waals surface area contributed by atoms with E-state index < -0.39 is 9.84 Å². The molecule has 4 nitrogen and oxygen atoms in total. The summed E-state index contributed by atoms with van der Waals surface area (Å²) in [5, 5.41) is 0. The number of nitrogens with zero attached hydrogens (tertiary/aromatic N) is 1. The van der Waals surface area contributed by atoms with Crippen LogP contribution in [0.4, 0.5) is 0 Å². The van der Waals surface area contributed by atoms with Gasteiger partial charge in [-0.25, -0.2) is 8.42 Å². The largest absolute Gasteiger partial charge is 0.298 e. The van der Waals surface area contributed by atoms with Crippen LogP contribution in [0, 0.1) is 0 Å². The van der Waals surface area contributed by atoms with Crippen molar-refractivity contribution in [3.8, 4) is 0 Å². The molecule has 0 saturated heterocycles. The van der Waals surface area contributed by atoms with E-state index in [1.807, 2.05) is 19.0 Å². The van der Waals surface area contributed by atoms with Crippen LogP contribution in [0.1, 0.15) is 44.9 Å². The van der Waals surface area contributed by atoms with Gasteiger partial charge in [0.05, 0.1) is 11.3 Å². The van der Waals surface area contributed by atoms with E-state index in [4.69, 9.17) is 0 Å². The Hall–Kier alpha value is -0.420. The topological polar surface area (TPSA) is 54.5 Å². The van der Waals surface area contributed by atoms with Gasteiger partial charge in [0.1, 0.15) is 9.84 Å². The number of sulfone groups is 1. The third-order valence-corrected chi connectivity index (χ3v) is 5.01. The lowest BCUT2D eigenvalue weighted by Gasteiger charge is -2.41. The van der Waals surface area contributed by atoms with Crippen molar-refractivity contribution in [1.82, 2.24) is 4.90 Å². The maximum atomic E-state index is 12.4. The summed E-state index contributed by atoms with van der Waals surface area (Å²) in [5.41, 5.74) is -0.338. The predicted molar refractivity (Wildman–Crippen MR) is 73.5 cm³/mol. The van der Waals surface area contributed by atoms with Gasteiger partial charge >= 0.3 is 0 Å². The van der Waals surface area contributed by atoms with E-state index in [9.17, 15) is 13.2 Å². The minimum absolute atomic E-state index is 0.113. The molecular weight excluding hydrogens is 250 g/mol. The smallest absolute Gasteiger partial charge is 0.153 e. The third kappa shape index (κ3) is 4.05. The van der Waals surface area contributed by atoms with Crippen LogP contribution in [0.5, 0.6) is 0 Å². The lowest BCUT2D eigenvalue weighted by Crippen LogP contribution is -2.52. The van der Waals surface area contributed by atoms with Crippen molar-refractivity contribution in [2.75, 3.05) is 26.1 Å². The first kappa shape index (κ1) is 15.6. The molecule has 0 aromatic heterocycles. The highest BCUT2D eigenvalue weighted by molar-refractivity contribution is 7.90. The third-order valence-electron chi connectivity index (χ3n) is 3.97. The molecule has 0 aliphatic heterocycles. The Bertz CT molecular complexity index is 381. The van der Waals surface area contributed by atoms with Crippen LogP contribution in [0.15, 0.2) is 0 Å². The van der Waals surface area contributed by atoms with Crippen molar-refractivity contribution < 1.29 is 13.2 Å². The summed E-state index contributed by atoms with van der Waals surface area (Å²) in [6.07, 6.45) is 7.27. The maximum absolute atomic E-state index is 12.4. The molecule has 0 aromatic carbocycles. The van der Waals surface area contributed by atoms with Crippen LogP contribution in [0.2, 0.25) is 0 Å². The highest BCUT2D eigenvalue weighted by Crippen LogP contribution is 2.34. The standard InChI is InChI=1S/C13H25NO3S/c1-14(2)13(9-5-4-6-10-13)12(15)8-7-11-18(3,16)17/h4-11H2,1-3H3. The second-order valence-electron chi connectivity index (χ2n) is 5.64. The van der Waals surface area contributed by atoms with Crippen LogP contribution >= 0.6 is 0 Å². The molecule has 1 saturated carbocycles. The van der Waals surface area contributed by atoms with Gasteiger partial charge < -0.3 is 0 Å². The number of carbonyl (C=O) groups excluding carboxylic acids is 1. The van der Waals surface area contributed by atoms with E-state index in [2.05, 4.69) is 0 Å². The molecule has 0 N–H and O–H groups in total. The molecule has 106 valence electrons. The van der Waals surface area contributed by atoms with Crippen LogP contribution in [-0.2, 0) is 14.6 Å². The fraction of sp³-hybridized carbons (Fsp3) is 0.923. The van der Waals surface area contributed by atoms with E-state index in [1.165, 1.54) is 12.7 Å². The molecule has 0 aromatic rings. The van der Waals surface area contributed by atoms with E-state index in [-0.39, 0.29) is 17.1 Å². The minimum atomic E-state index is -2.96. The van der Waals surface area contributed by atoms with Gasteiger partial charge in [-0.1, -0.05) is 19.3 Å². The van der Waals surface area contributed by atoms with Gasteiger partial charge in [0.25, 0.3) is 0 Å². The Labute approximate surface area is 111 Å². The van der Waals surface area contributed by atoms with Gasteiger partial charge in [-0.05, 0) is 33.4 Å². The average Bonchev–Trinajstić information content (AvgIpc) is 2.27. The van der Waals surface area contributed by atoms with Gasteiger partial charge in [-0.2, -0.15) is 0 Å². The Balaban J connectivity index is 2.61. The second-order valence-corrected chi connectivity index (χ2v) is 7.90. The molecule has 1 rings (SSSR count). The van der Waals surface area contributed by atoms with E-state index in [0.29, 0.717) is 12.8 Å². The first-order chi connectivity index (χ1) is 8.28. The number of carbonyl (C=O) groups is 1. The molecule has 1 fully saturated rings. The lowest BCUT2D eigenvalue weighted by molar-refractivity contribution is -0.131. The Morgan fingerprint density at radius 1 is 1.17 bits per heavy atom. The minimum Gasteiger partial charge on any atom is -0.298 e. The van der Waals surface area contributed by atoms with Gasteiger partial charge in [-0.3, -0.25) is 9.69 Å². The zero-order chi connectivity index (χ0) is 13.8. The summed E-state index contributed by atoms with van der Waals surface area (Å²) < 4.78 is 22.2. The van der Waals surface area contributed by atoms with E-state index in [0.717, 1.165) is 25.7 Å². The SMILES string of the molecule is CN(C)C1(C(=O)CCCS(C)(=O)=O)CCCCC1. The van der Waals surface area contributed by atoms with Crippen LogP contribution in [0.3, 0.4) is 0 Å². The summed E-state index contributed by atoms with van der Waals surface area (Å²) >= 11 is 0. The van der Waals surface area contributed by atoms with Crippen molar-refractivity contribution in [3.05, 3.63) is 0 Å². The monoisotopic (exact) mass is 275 g/mol. The Kier molecular flexibility index (Phi) is 5.34. The number of rotatable bonds is 6. The molecule has 1 aliphatic carbocycles. The van der Waals surface area contributed by atoms with Crippen LogP contribution < -0.4 is 0 Å². The lowest BCUT2D eigenvalue weighted by atomic mass is 9.76. The summed E-state index contributed by atoms with van der Waals surface area (Å²) in [6.45, 7) is 0. The average molecular weight is 275 g/mol. The van der Waals surface area contributed by atoms with Crippen molar-refractivity contribution in [2.45, 2.75) is 50.5 Å². The first-order valence-corrected chi connectivity index (χ1v) is 8.72. The zero-order valence-corrected chi connectivity index (χ0v) is 12.6. The number of ketones is 1. The fourth-order valence-corrected chi connectivity index (χ4v) is 3.51. The molecule has 0 radical (unpaired) electrons. The highest BCUT2D eigenvalue weighted by Gasteiger charge is 2.40. The van der Waals surface area contributed by atoms with Crippen molar-refractivity contribution in [1.29, 1.82) is 0 Å². The molecule has 0 amide bonds.